The summed E-state index contributed by atoms with van der Waals surface area (Å²) in [6.45, 7) is 15.5. The van der Waals surface area contributed by atoms with Crippen molar-refractivity contribution in [2.75, 3.05) is 31.6 Å². The van der Waals surface area contributed by atoms with Crippen molar-refractivity contribution in [1.29, 1.82) is 0 Å². The fourth-order valence-corrected chi connectivity index (χ4v) is 7.27. The SMILES string of the molecule is C=CC(=O)N1C[C@H](C)N(c2nc(OC(C)C3CCCN3C)nc3c(F)c(-c4c(C)ccc5[nH]nc(C)c45)c(Cl)cc23)C[C@H]1C. The number of fused-ring (bicyclic) bond motifs is 2. The number of ether oxygens (including phenoxy) is 1. The molecule has 2 aromatic heterocycles. The Hall–Kier alpha value is -3.76. The number of rotatable bonds is 6. The van der Waals surface area contributed by atoms with E-state index in [9.17, 15) is 4.79 Å². The number of aryl methyl sites for hydroxylation is 2. The first-order chi connectivity index (χ1) is 21.0. The summed E-state index contributed by atoms with van der Waals surface area (Å²) in [5, 5.41) is 8.97. The van der Waals surface area contributed by atoms with Crippen molar-refractivity contribution in [3.05, 3.63) is 53.0 Å². The number of halogens is 2. The Bertz CT molecular complexity index is 1770. The second kappa shape index (κ2) is 11.6. The standard InChI is InChI=1S/C33H39ClFN7O2/c1-8-26(43)41-15-19(4)42(16-18(41)3)32-22-14-23(34)29(27-17(2)11-12-24-28(27)20(5)38-39-24)30(35)31(22)36-33(37-32)44-21(6)25-10-9-13-40(25)7/h8,11-12,14,18-19,21,25H,1,9-10,13,15-16H2,2-7H3,(H,38,39)/t18-,19+,21?,25?/m1/s1. The molecule has 2 aliphatic rings. The normalized spacial score (nSPS) is 21.8. The van der Waals surface area contributed by atoms with E-state index in [1.165, 1.54) is 6.08 Å². The lowest BCUT2D eigenvalue weighted by Gasteiger charge is -2.44. The van der Waals surface area contributed by atoms with Crippen LogP contribution in [0.1, 0.15) is 44.9 Å². The molecule has 2 aromatic carbocycles. The van der Waals surface area contributed by atoms with Gasteiger partial charge in [-0.05, 0) is 84.8 Å². The Kier molecular flexibility index (Phi) is 8.00. The number of benzene rings is 2. The van der Waals surface area contributed by atoms with Gasteiger partial charge < -0.3 is 14.5 Å². The molecule has 0 spiro atoms. The molecule has 1 N–H and O–H groups in total. The summed E-state index contributed by atoms with van der Waals surface area (Å²) in [5.41, 5.74) is 3.52. The van der Waals surface area contributed by atoms with Gasteiger partial charge in [-0.2, -0.15) is 15.1 Å². The zero-order chi connectivity index (χ0) is 31.4. The molecule has 4 atom stereocenters. The van der Waals surface area contributed by atoms with Gasteiger partial charge in [-0.1, -0.05) is 24.2 Å². The number of anilines is 1. The van der Waals surface area contributed by atoms with Crippen molar-refractivity contribution in [3.8, 4) is 17.1 Å². The van der Waals surface area contributed by atoms with Crippen molar-refractivity contribution in [3.63, 3.8) is 0 Å². The summed E-state index contributed by atoms with van der Waals surface area (Å²) in [7, 11) is 2.09. The third kappa shape index (κ3) is 5.07. The van der Waals surface area contributed by atoms with Gasteiger partial charge in [0.05, 0.1) is 16.2 Å². The maximum atomic E-state index is 17.0. The number of H-pyrrole nitrogens is 1. The number of hydrogen-bond donors (Lipinski definition) is 1. The minimum Gasteiger partial charge on any atom is -0.459 e. The van der Waals surface area contributed by atoms with Crippen LogP contribution in [0.15, 0.2) is 30.9 Å². The fourth-order valence-electron chi connectivity index (χ4n) is 6.98. The van der Waals surface area contributed by atoms with E-state index >= 15 is 4.39 Å². The lowest BCUT2D eigenvalue weighted by molar-refractivity contribution is -0.128. The smallest absolute Gasteiger partial charge is 0.319 e. The van der Waals surface area contributed by atoms with E-state index in [4.69, 9.17) is 26.3 Å². The van der Waals surface area contributed by atoms with E-state index in [0.717, 1.165) is 41.5 Å². The molecule has 232 valence electrons. The molecule has 2 aliphatic heterocycles. The molecule has 44 heavy (non-hydrogen) atoms. The van der Waals surface area contributed by atoms with E-state index in [-0.39, 0.29) is 52.2 Å². The lowest BCUT2D eigenvalue weighted by Crippen LogP contribution is -2.58. The molecule has 1 amide bonds. The number of carbonyl (C=O) groups excluding carboxylic acids is 1. The lowest BCUT2D eigenvalue weighted by atomic mass is 9.94. The number of nitrogens with one attached hydrogen (secondary N) is 1. The molecule has 6 rings (SSSR count). The van der Waals surface area contributed by atoms with Gasteiger partial charge in [0, 0.05) is 53.1 Å². The number of amides is 1. The minimum atomic E-state index is -0.538. The van der Waals surface area contributed by atoms with Crippen molar-refractivity contribution < 1.29 is 13.9 Å². The number of aromatic amines is 1. The summed E-state index contributed by atoms with van der Waals surface area (Å²) in [6, 6.07) is 5.71. The van der Waals surface area contributed by atoms with Crippen LogP contribution in [-0.2, 0) is 4.79 Å². The van der Waals surface area contributed by atoms with E-state index in [0.29, 0.717) is 29.9 Å². The number of likely N-dealkylation sites (N-methyl/N-ethyl adjacent to an activating group) is 1. The highest BCUT2D eigenvalue weighted by Gasteiger charge is 2.35. The fraction of sp³-hybridized carbons (Fsp3) is 0.455. The third-order valence-corrected chi connectivity index (χ3v) is 9.64. The average molecular weight is 620 g/mol. The molecular formula is C33H39ClFN7O2. The van der Waals surface area contributed by atoms with Crippen LogP contribution in [0.4, 0.5) is 10.2 Å². The first-order valence-corrected chi connectivity index (χ1v) is 15.6. The van der Waals surface area contributed by atoms with Crippen molar-refractivity contribution >= 4 is 45.1 Å². The Morgan fingerprint density at radius 3 is 2.68 bits per heavy atom. The summed E-state index contributed by atoms with van der Waals surface area (Å²) >= 11 is 6.98. The van der Waals surface area contributed by atoms with Crippen LogP contribution in [0, 0.1) is 19.7 Å². The second-order valence-electron chi connectivity index (χ2n) is 12.3. The van der Waals surface area contributed by atoms with Crippen LogP contribution in [-0.4, -0.2) is 86.8 Å². The highest BCUT2D eigenvalue weighted by Crippen LogP contribution is 2.43. The van der Waals surface area contributed by atoms with Gasteiger partial charge in [-0.3, -0.25) is 14.8 Å². The first-order valence-electron chi connectivity index (χ1n) is 15.2. The first kappa shape index (κ1) is 30.3. The number of piperazine rings is 1. The monoisotopic (exact) mass is 619 g/mol. The van der Waals surface area contributed by atoms with Gasteiger partial charge in [-0.25, -0.2) is 4.39 Å². The van der Waals surface area contributed by atoms with Gasteiger partial charge in [0.25, 0.3) is 0 Å². The third-order valence-electron chi connectivity index (χ3n) is 9.34. The van der Waals surface area contributed by atoms with Crippen molar-refractivity contribution in [1.82, 2.24) is 30.0 Å². The highest BCUT2D eigenvalue weighted by molar-refractivity contribution is 6.35. The molecule has 0 saturated carbocycles. The van der Waals surface area contributed by atoms with E-state index in [1.807, 2.05) is 46.8 Å². The molecule has 0 aliphatic carbocycles. The molecule has 11 heteroatoms. The largest absolute Gasteiger partial charge is 0.459 e. The van der Waals surface area contributed by atoms with Crippen LogP contribution in [0.25, 0.3) is 32.9 Å². The predicted octanol–water partition coefficient (Wildman–Crippen LogP) is 6.06. The van der Waals surface area contributed by atoms with Gasteiger partial charge in [0.15, 0.2) is 5.82 Å². The number of aromatic nitrogens is 4. The van der Waals surface area contributed by atoms with Gasteiger partial charge >= 0.3 is 6.01 Å². The molecular weight excluding hydrogens is 581 g/mol. The van der Waals surface area contributed by atoms with Crippen LogP contribution >= 0.6 is 11.6 Å². The van der Waals surface area contributed by atoms with E-state index < -0.39 is 5.82 Å². The number of likely N-dealkylation sites (tertiary alicyclic amines) is 1. The minimum absolute atomic E-state index is 0.117. The van der Waals surface area contributed by atoms with Gasteiger partial charge in [0.1, 0.15) is 17.4 Å². The van der Waals surface area contributed by atoms with Gasteiger partial charge in [0.2, 0.25) is 5.91 Å². The van der Waals surface area contributed by atoms with E-state index in [1.54, 1.807) is 11.0 Å². The molecule has 2 fully saturated rings. The quantitative estimate of drug-likeness (QED) is 0.263. The van der Waals surface area contributed by atoms with Crippen LogP contribution in [0.2, 0.25) is 5.02 Å². The predicted molar refractivity (Wildman–Crippen MR) is 173 cm³/mol. The maximum absolute atomic E-state index is 17.0. The molecule has 0 radical (unpaired) electrons. The topological polar surface area (TPSA) is 90.5 Å². The number of nitrogens with zero attached hydrogens (tertiary/aromatic N) is 6. The Morgan fingerprint density at radius 2 is 1.98 bits per heavy atom. The van der Waals surface area contributed by atoms with Crippen LogP contribution in [0.5, 0.6) is 6.01 Å². The Balaban J connectivity index is 1.54. The van der Waals surface area contributed by atoms with Crippen molar-refractivity contribution in [2.45, 2.75) is 71.7 Å². The molecule has 2 unspecified atom stereocenters. The molecule has 2 saturated heterocycles. The highest BCUT2D eigenvalue weighted by atomic mass is 35.5. The van der Waals surface area contributed by atoms with E-state index in [2.05, 4.69) is 33.6 Å². The molecule has 4 aromatic rings. The molecule has 4 heterocycles. The summed E-state index contributed by atoms with van der Waals surface area (Å²) in [4.78, 5) is 28.3. The van der Waals surface area contributed by atoms with Crippen molar-refractivity contribution in [2.24, 2.45) is 0 Å². The van der Waals surface area contributed by atoms with Crippen LogP contribution in [0.3, 0.4) is 0 Å². The summed E-state index contributed by atoms with van der Waals surface area (Å²) < 4.78 is 23.4. The maximum Gasteiger partial charge on any atom is 0.319 e. The zero-order valence-corrected chi connectivity index (χ0v) is 26.9. The molecule has 0 bridgehead atoms. The average Bonchev–Trinajstić information content (AvgIpc) is 3.60. The van der Waals surface area contributed by atoms with Gasteiger partial charge in [-0.15, -0.1) is 0 Å². The number of carbonyl (C=O) groups is 1. The summed E-state index contributed by atoms with van der Waals surface area (Å²) in [6.07, 6.45) is 3.24. The Morgan fingerprint density at radius 1 is 1.20 bits per heavy atom. The molecule has 9 nitrogen and oxygen atoms in total. The second-order valence-corrected chi connectivity index (χ2v) is 12.7. The number of hydrogen-bond acceptors (Lipinski definition) is 7. The van der Waals surface area contributed by atoms with Crippen LogP contribution < -0.4 is 9.64 Å². The summed E-state index contributed by atoms with van der Waals surface area (Å²) in [5.74, 6) is -0.124. The zero-order valence-electron chi connectivity index (χ0n) is 26.1. The Labute approximate surface area is 262 Å².